The maximum Gasteiger partial charge on any atom is 0.351 e. The van der Waals surface area contributed by atoms with E-state index < -0.39 is 0 Å². The van der Waals surface area contributed by atoms with Crippen LogP contribution in [-0.4, -0.2) is 9.55 Å². The second-order valence-electron chi connectivity index (χ2n) is 7.23. The molecule has 0 N–H and O–H groups in total. The summed E-state index contributed by atoms with van der Waals surface area (Å²) in [5.74, 6) is 1.08. The Kier molecular flexibility index (Phi) is 4.42. The lowest BCUT2D eigenvalue weighted by molar-refractivity contribution is 0.447. The summed E-state index contributed by atoms with van der Waals surface area (Å²) >= 11 is 3.50. The summed E-state index contributed by atoms with van der Waals surface area (Å²) in [6.45, 7) is 8.84. The lowest BCUT2D eigenvalue weighted by Gasteiger charge is -2.23. The molecule has 0 unspecified atom stereocenters. The molecule has 1 aliphatic heterocycles. The maximum atomic E-state index is 12.6. The van der Waals surface area contributed by atoms with E-state index >= 15 is 0 Å². The van der Waals surface area contributed by atoms with Gasteiger partial charge in [0.2, 0.25) is 5.88 Å². The molecule has 1 aromatic heterocycles. The fourth-order valence-electron chi connectivity index (χ4n) is 3.69. The molecule has 2 heterocycles. The molecule has 2 aromatic carbocycles. The standard InChI is InChI=1S/C22H21BrN2O2/c1-12-7-16-5-6-25-19(18(16)10-13(12)2)11-20(24-22(25)26)27-21-14(3)8-17(23)9-15(21)4/h7-11H,5-6H2,1-4H3. The first kappa shape index (κ1) is 18.0. The van der Waals surface area contributed by atoms with E-state index in [1.54, 1.807) is 4.57 Å². The summed E-state index contributed by atoms with van der Waals surface area (Å²) in [5.41, 5.74) is 7.45. The fraction of sp³-hybridized carbons (Fsp3) is 0.273. The molecule has 0 saturated carbocycles. The van der Waals surface area contributed by atoms with Gasteiger partial charge in [-0.1, -0.05) is 22.0 Å². The molecule has 138 valence electrons. The summed E-state index contributed by atoms with van der Waals surface area (Å²) < 4.78 is 8.81. The Morgan fingerprint density at radius 3 is 2.33 bits per heavy atom. The number of fused-ring (bicyclic) bond motifs is 3. The molecule has 0 amide bonds. The zero-order chi connectivity index (χ0) is 19.3. The molecule has 0 aliphatic carbocycles. The van der Waals surface area contributed by atoms with Crippen molar-refractivity contribution < 1.29 is 4.74 Å². The Labute approximate surface area is 167 Å². The van der Waals surface area contributed by atoms with Gasteiger partial charge in [-0.3, -0.25) is 4.57 Å². The van der Waals surface area contributed by atoms with Gasteiger partial charge in [0.05, 0.1) is 5.69 Å². The molecule has 0 fully saturated rings. The molecule has 0 spiro atoms. The predicted octanol–water partition coefficient (Wildman–Crippen LogP) is 5.25. The SMILES string of the molecule is Cc1cc2c(cc1C)-c1cc(Oc3c(C)cc(Br)cc3C)nc(=O)n1CC2. The van der Waals surface area contributed by atoms with Gasteiger partial charge < -0.3 is 4.74 Å². The summed E-state index contributed by atoms with van der Waals surface area (Å²) in [6.07, 6.45) is 0.843. The van der Waals surface area contributed by atoms with E-state index in [0.717, 1.165) is 39.0 Å². The van der Waals surface area contributed by atoms with Gasteiger partial charge in [0.15, 0.2) is 0 Å². The normalized spacial score (nSPS) is 12.5. The van der Waals surface area contributed by atoms with E-state index in [2.05, 4.69) is 46.9 Å². The molecule has 27 heavy (non-hydrogen) atoms. The third-order valence-electron chi connectivity index (χ3n) is 5.22. The lowest BCUT2D eigenvalue weighted by atomic mass is 9.93. The van der Waals surface area contributed by atoms with E-state index in [0.29, 0.717) is 12.4 Å². The van der Waals surface area contributed by atoms with Gasteiger partial charge in [0.25, 0.3) is 0 Å². The monoisotopic (exact) mass is 424 g/mol. The van der Waals surface area contributed by atoms with Gasteiger partial charge in [0, 0.05) is 22.6 Å². The molecule has 5 heteroatoms. The highest BCUT2D eigenvalue weighted by Crippen LogP contribution is 2.34. The number of benzene rings is 2. The zero-order valence-electron chi connectivity index (χ0n) is 15.9. The fourth-order valence-corrected chi connectivity index (χ4v) is 4.38. The molecular weight excluding hydrogens is 404 g/mol. The van der Waals surface area contributed by atoms with Crippen LogP contribution in [0.2, 0.25) is 0 Å². The van der Waals surface area contributed by atoms with Gasteiger partial charge >= 0.3 is 5.69 Å². The average Bonchev–Trinajstić information content (AvgIpc) is 2.59. The van der Waals surface area contributed by atoms with Crippen LogP contribution in [0.4, 0.5) is 0 Å². The minimum Gasteiger partial charge on any atom is -0.438 e. The van der Waals surface area contributed by atoms with Crippen molar-refractivity contribution in [1.82, 2.24) is 9.55 Å². The maximum absolute atomic E-state index is 12.6. The third kappa shape index (κ3) is 3.21. The minimum atomic E-state index is -0.265. The zero-order valence-corrected chi connectivity index (χ0v) is 17.5. The largest absolute Gasteiger partial charge is 0.438 e. The first-order chi connectivity index (χ1) is 12.8. The van der Waals surface area contributed by atoms with Gasteiger partial charge in [-0.05, 0) is 80.1 Å². The van der Waals surface area contributed by atoms with Gasteiger partial charge in [0.1, 0.15) is 5.75 Å². The van der Waals surface area contributed by atoms with Crippen molar-refractivity contribution in [2.24, 2.45) is 0 Å². The number of aromatic nitrogens is 2. The van der Waals surface area contributed by atoms with Gasteiger partial charge in [-0.15, -0.1) is 0 Å². The van der Waals surface area contributed by atoms with Crippen molar-refractivity contribution in [3.8, 4) is 22.9 Å². The van der Waals surface area contributed by atoms with E-state index in [-0.39, 0.29) is 5.69 Å². The summed E-state index contributed by atoms with van der Waals surface area (Å²) in [7, 11) is 0. The van der Waals surface area contributed by atoms with E-state index in [9.17, 15) is 4.79 Å². The summed E-state index contributed by atoms with van der Waals surface area (Å²) in [6, 6.07) is 10.3. The van der Waals surface area contributed by atoms with Crippen molar-refractivity contribution in [3.63, 3.8) is 0 Å². The predicted molar refractivity (Wildman–Crippen MR) is 111 cm³/mol. The third-order valence-corrected chi connectivity index (χ3v) is 5.68. The minimum absolute atomic E-state index is 0.265. The molecule has 4 nitrogen and oxygen atoms in total. The second-order valence-corrected chi connectivity index (χ2v) is 8.14. The lowest BCUT2D eigenvalue weighted by Crippen LogP contribution is -2.28. The Bertz CT molecular complexity index is 1110. The Morgan fingerprint density at radius 1 is 0.963 bits per heavy atom. The van der Waals surface area contributed by atoms with E-state index in [1.807, 2.05) is 32.0 Å². The number of halogens is 1. The van der Waals surface area contributed by atoms with Crippen LogP contribution in [0.1, 0.15) is 27.8 Å². The summed E-state index contributed by atoms with van der Waals surface area (Å²) in [4.78, 5) is 16.8. The van der Waals surface area contributed by atoms with Crippen LogP contribution in [0.3, 0.4) is 0 Å². The molecular formula is C22H21BrN2O2. The average molecular weight is 425 g/mol. The van der Waals surface area contributed by atoms with Crippen molar-refractivity contribution in [2.75, 3.05) is 0 Å². The van der Waals surface area contributed by atoms with Crippen LogP contribution in [0, 0.1) is 27.7 Å². The highest BCUT2D eigenvalue weighted by atomic mass is 79.9. The number of ether oxygens (including phenoxy) is 1. The first-order valence-electron chi connectivity index (χ1n) is 9.00. The van der Waals surface area contributed by atoms with E-state index in [1.165, 1.54) is 16.7 Å². The van der Waals surface area contributed by atoms with E-state index in [4.69, 9.17) is 4.74 Å². The van der Waals surface area contributed by atoms with Crippen molar-refractivity contribution in [2.45, 2.75) is 40.7 Å². The number of rotatable bonds is 2. The van der Waals surface area contributed by atoms with Gasteiger partial charge in [-0.2, -0.15) is 4.98 Å². The number of nitrogens with zero attached hydrogens (tertiary/aromatic N) is 2. The number of hydrogen-bond acceptors (Lipinski definition) is 3. The van der Waals surface area contributed by atoms with Crippen molar-refractivity contribution in [1.29, 1.82) is 0 Å². The highest BCUT2D eigenvalue weighted by Gasteiger charge is 2.20. The Balaban J connectivity index is 1.84. The molecule has 0 radical (unpaired) electrons. The van der Waals surface area contributed by atoms with Crippen LogP contribution in [-0.2, 0) is 13.0 Å². The summed E-state index contributed by atoms with van der Waals surface area (Å²) in [5, 5.41) is 0. The van der Waals surface area contributed by atoms with Crippen molar-refractivity contribution >= 4 is 15.9 Å². The van der Waals surface area contributed by atoms with Crippen LogP contribution < -0.4 is 10.4 Å². The highest BCUT2D eigenvalue weighted by molar-refractivity contribution is 9.10. The smallest absolute Gasteiger partial charge is 0.351 e. The Morgan fingerprint density at radius 2 is 1.63 bits per heavy atom. The first-order valence-corrected chi connectivity index (χ1v) is 9.80. The van der Waals surface area contributed by atoms with Crippen LogP contribution in [0.5, 0.6) is 11.6 Å². The number of aryl methyl sites for hydroxylation is 5. The van der Waals surface area contributed by atoms with Crippen LogP contribution in [0.15, 0.2) is 39.6 Å². The second kappa shape index (κ2) is 6.64. The van der Waals surface area contributed by atoms with Crippen molar-refractivity contribution in [3.05, 3.63) is 73.1 Å². The molecule has 4 rings (SSSR count). The molecule has 1 aliphatic rings. The Hall–Kier alpha value is -2.40. The topological polar surface area (TPSA) is 44.1 Å². The molecule has 3 aromatic rings. The number of hydrogen-bond donors (Lipinski definition) is 0. The molecule has 0 atom stereocenters. The quantitative estimate of drug-likeness (QED) is 0.563. The van der Waals surface area contributed by atoms with Crippen LogP contribution >= 0.6 is 15.9 Å². The molecule has 0 saturated heterocycles. The molecule has 0 bridgehead atoms. The van der Waals surface area contributed by atoms with Crippen LogP contribution in [0.25, 0.3) is 11.3 Å². The van der Waals surface area contributed by atoms with Gasteiger partial charge in [-0.25, -0.2) is 4.79 Å².